The van der Waals surface area contributed by atoms with Crippen molar-refractivity contribution in [2.24, 2.45) is 0 Å². The average Bonchev–Trinajstić information content (AvgIpc) is 3.14. The number of hydrogen-bond donors (Lipinski definition) is 1. The Balaban J connectivity index is 1.71. The van der Waals surface area contributed by atoms with E-state index in [0.717, 1.165) is 0 Å². The number of amides is 1. The molecule has 5 rings (SSSR count). The number of hydrogen-bond acceptors (Lipinski definition) is 6. The molecular formula is C23H21F2N5O3. The lowest BCUT2D eigenvalue weighted by molar-refractivity contribution is -0.114. The summed E-state index contributed by atoms with van der Waals surface area (Å²) in [4.78, 5) is 20.5. The van der Waals surface area contributed by atoms with E-state index in [9.17, 15) is 18.8 Å². The summed E-state index contributed by atoms with van der Waals surface area (Å²) in [7, 11) is 1.57. The summed E-state index contributed by atoms with van der Waals surface area (Å²) >= 11 is 0. The van der Waals surface area contributed by atoms with Gasteiger partial charge in [0.25, 0.3) is 5.92 Å². The van der Waals surface area contributed by atoms with E-state index in [0.29, 0.717) is 58.9 Å². The van der Waals surface area contributed by atoms with Gasteiger partial charge < -0.3 is 19.4 Å². The lowest BCUT2D eigenvalue weighted by Crippen LogP contribution is -2.30. The average molecular weight is 453 g/mol. The first kappa shape index (κ1) is 21.4. The number of fused-ring (bicyclic) bond motifs is 1. The number of aromatic nitrogens is 3. The number of nitrogens with one attached hydrogen (secondary N) is 1. The SMILES string of the molecule is CO[C@]1(c2cc(C#N)cc(-c3cn([C@H]4CC4(F)F)c4cnc(NC(C)=O)cc34)n2)CCOC1. The summed E-state index contributed by atoms with van der Waals surface area (Å²) in [5, 5.41) is 12.9. The lowest BCUT2D eigenvalue weighted by atomic mass is 9.95. The zero-order valence-electron chi connectivity index (χ0n) is 18.1. The normalized spacial score (nSPS) is 23.4. The Hall–Kier alpha value is -3.42. The molecule has 8 nitrogen and oxygen atoms in total. The Bertz CT molecular complexity index is 1310. The predicted octanol–water partition coefficient (Wildman–Crippen LogP) is 3.77. The fourth-order valence-electron chi connectivity index (χ4n) is 4.34. The van der Waals surface area contributed by atoms with Crippen LogP contribution < -0.4 is 5.32 Å². The fourth-order valence-corrected chi connectivity index (χ4v) is 4.34. The maximum Gasteiger partial charge on any atom is 0.270 e. The van der Waals surface area contributed by atoms with Crippen LogP contribution in [0.15, 0.2) is 30.6 Å². The molecule has 4 heterocycles. The molecule has 0 spiro atoms. The first-order valence-electron chi connectivity index (χ1n) is 10.5. The van der Waals surface area contributed by atoms with Crippen molar-refractivity contribution in [3.05, 3.63) is 41.9 Å². The van der Waals surface area contributed by atoms with Crippen LogP contribution in [0.2, 0.25) is 0 Å². The number of anilines is 1. The number of pyridine rings is 2. The highest BCUT2D eigenvalue weighted by atomic mass is 19.3. The van der Waals surface area contributed by atoms with Gasteiger partial charge in [-0.3, -0.25) is 4.79 Å². The van der Waals surface area contributed by atoms with Crippen LogP contribution in [0.4, 0.5) is 14.6 Å². The van der Waals surface area contributed by atoms with Crippen molar-refractivity contribution in [3.8, 4) is 17.3 Å². The highest BCUT2D eigenvalue weighted by Crippen LogP contribution is 2.54. The molecule has 0 unspecified atom stereocenters. The minimum Gasteiger partial charge on any atom is -0.378 e. The molecule has 1 aliphatic carbocycles. The molecule has 2 aliphatic rings. The van der Waals surface area contributed by atoms with E-state index in [2.05, 4.69) is 16.4 Å². The van der Waals surface area contributed by atoms with E-state index in [1.165, 1.54) is 17.7 Å². The van der Waals surface area contributed by atoms with Gasteiger partial charge in [-0.1, -0.05) is 0 Å². The second-order valence-corrected chi connectivity index (χ2v) is 8.44. The van der Waals surface area contributed by atoms with Gasteiger partial charge in [0.2, 0.25) is 5.91 Å². The molecule has 2 atom stereocenters. The van der Waals surface area contributed by atoms with Crippen LogP contribution in [0.1, 0.15) is 37.1 Å². The van der Waals surface area contributed by atoms with Crippen LogP contribution in [0.3, 0.4) is 0 Å². The van der Waals surface area contributed by atoms with Crippen LogP contribution >= 0.6 is 0 Å². The second-order valence-electron chi connectivity index (χ2n) is 8.44. The number of rotatable bonds is 5. The number of alkyl halides is 2. The van der Waals surface area contributed by atoms with Gasteiger partial charge in [-0.2, -0.15) is 5.26 Å². The van der Waals surface area contributed by atoms with Gasteiger partial charge in [0.15, 0.2) is 0 Å². The molecule has 0 radical (unpaired) electrons. The van der Waals surface area contributed by atoms with Gasteiger partial charge >= 0.3 is 0 Å². The highest BCUT2D eigenvalue weighted by Gasteiger charge is 2.58. The van der Waals surface area contributed by atoms with Crippen LogP contribution in [0.5, 0.6) is 0 Å². The fraction of sp³-hybridized carbons (Fsp3) is 0.391. The zero-order valence-corrected chi connectivity index (χ0v) is 18.1. The van der Waals surface area contributed by atoms with Crippen molar-refractivity contribution >= 4 is 22.6 Å². The van der Waals surface area contributed by atoms with E-state index in [4.69, 9.17) is 14.5 Å². The van der Waals surface area contributed by atoms with Crippen molar-refractivity contribution < 1.29 is 23.0 Å². The van der Waals surface area contributed by atoms with E-state index < -0.39 is 17.6 Å². The molecule has 1 amide bonds. The summed E-state index contributed by atoms with van der Waals surface area (Å²) < 4.78 is 40.7. The molecule has 1 saturated carbocycles. The number of carbonyl (C=O) groups excluding carboxylic acids is 1. The van der Waals surface area contributed by atoms with Gasteiger partial charge in [0.05, 0.1) is 41.3 Å². The number of halogens is 2. The quantitative estimate of drug-likeness (QED) is 0.631. The first-order valence-corrected chi connectivity index (χ1v) is 10.5. The summed E-state index contributed by atoms with van der Waals surface area (Å²) in [6.07, 6.45) is 3.41. The summed E-state index contributed by atoms with van der Waals surface area (Å²) in [6, 6.07) is 6.09. The molecule has 33 heavy (non-hydrogen) atoms. The maximum absolute atomic E-state index is 14.0. The topological polar surface area (TPSA) is 102 Å². The number of ether oxygens (including phenoxy) is 2. The summed E-state index contributed by atoms with van der Waals surface area (Å²) in [5.41, 5.74) is 1.63. The number of nitriles is 1. The number of carbonyl (C=O) groups is 1. The molecule has 1 saturated heterocycles. The largest absolute Gasteiger partial charge is 0.378 e. The third-order valence-corrected chi connectivity index (χ3v) is 6.23. The molecule has 170 valence electrons. The summed E-state index contributed by atoms with van der Waals surface area (Å²) in [6.45, 7) is 2.17. The van der Waals surface area contributed by atoms with Gasteiger partial charge in [0.1, 0.15) is 17.5 Å². The van der Waals surface area contributed by atoms with E-state index in [-0.39, 0.29) is 12.3 Å². The van der Waals surface area contributed by atoms with Crippen molar-refractivity contribution in [1.29, 1.82) is 5.26 Å². The standard InChI is InChI=1S/C23H21F2N5O3/c1-13(31)28-21-7-15-16(11-30(18(15)10-27-21)20-8-23(20,24)25)17-5-14(9-26)6-19(29-17)22(32-2)3-4-33-12-22/h5-7,10-11,20H,3-4,8,12H2,1-2H3,(H,27,28,31)/t20-,22+/m0/s1. The van der Waals surface area contributed by atoms with Crippen molar-refractivity contribution in [3.63, 3.8) is 0 Å². The number of nitrogens with zero attached hydrogens (tertiary/aromatic N) is 4. The monoisotopic (exact) mass is 453 g/mol. The first-order chi connectivity index (χ1) is 15.8. The van der Waals surface area contributed by atoms with Crippen molar-refractivity contribution in [1.82, 2.24) is 14.5 Å². The predicted molar refractivity (Wildman–Crippen MR) is 115 cm³/mol. The van der Waals surface area contributed by atoms with Crippen molar-refractivity contribution in [2.45, 2.75) is 37.3 Å². The Morgan fingerprint density at radius 2 is 2.18 bits per heavy atom. The molecule has 0 bridgehead atoms. The van der Waals surface area contributed by atoms with Crippen LogP contribution in [-0.2, 0) is 19.9 Å². The summed E-state index contributed by atoms with van der Waals surface area (Å²) in [5.74, 6) is -2.80. The van der Waals surface area contributed by atoms with E-state index >= 15 is 0 Å². The maximum atomic E-state index is 14.0. The molecule has 0 aromatic carbocycles. The van der Waals surface area contributed by atoms with Gasteiger partial charge in [-0.15, -0.1) is 0 Å². The second kappa shape index (κ2) is 7.57. The van der Waals surface area contributed by atoms with E-state index in [1.807, 2.05) is 0 Å². The third-order valence-electron chi connectivity index (χ3n) is 6.23. The van der Waals surface area contributed by atoms with Crippen molar-refractivity contribution in [2.75, 3.05) is 25.6 Å². The Labute approximate surface area is 188 Å². The lowest BCUT2D eigenvalue weighted by Gasteiger charge is -2.25. The van der Waals surface area contributed by atoms with Crippen LogP contribution in [-0.4, -0.2) is 46.7 Å². The minimum atomic E-state index is -2.80. The molecule has 10 heteroatoms. The van der Waals surface area contributed by atoms with Gasteiger partial charge in [-0.25, -0.2) is 18.7 Å². The highest BCUT2D eigenvalue weighted by molar-refractivity contribution is 5.98. The number of methoxy groups -OCH3 is 1. The third kappa shape index (κ3) is 3.63. The smallest absolute Gasteiger partial charge is 0.270 e. The zero-order chi connectivity index (χ0) is 23.4. The Kier molecular flexibility index (Phi) is 4.92. The van der Waals surface area contributed by atoms with Crippen LogP contribution in [0, 0.1) is 11.3 Å². The van der Waals surface area contributed by atoms with Gasteiger partial charge in [0, 0.05) is 50.6 Å². The molecule has 3 aromatic rings. The Morgan fingerprint density at radius 1 is 1.39 bits per heavy atom. The molecule has 1 N–H and O–H groups in total. The van der Waals surface area contributed by atoms with E-state index in [1.54, 1.807) is 31.5 Å². The minimum absolute atomic E-state index is 0.259. The molecule has 3 aromatic heterocycles. The molecule has 2 fully saturated rings. The van der Waals surface area contributed by atoms with Crippen LogP contribution in [0.25, 0.3) is 22.2 Å². The van der Waals surface area contributed by atoms with Gasteiger partial charge in [-0.05, 0) is 18.2 Å². The Morgan fingerprint density at radius 3 is 2.79 bits per heavy atom. The molecular weight excluding hydrogens is 432 g/mol. The molecule has 1 aliphatic heterocycles.